The van der Waals surface area contributed by atoms with E-state index in [1.165, 1.54) is 16.8 Å². The number of alkyl halides is 3. The molecule has 1 saturated carbocycles. The SMILES string of the molecule is CC(C)C[C@@H](C(=O)N[C@@H]1CC[C@H]2CN(S(=O)(=O)c3cccc(C(F)(F)F)c3)C[C@H]21)N1CCCCC1. The quantitative estimate of drug-likeness (QED) is 0.593. The lowest BCUT2D eigenvalue weighted by atomic mass is 9.96. The van der Waals surface area contributed by atoms with Gasteiger partial charge in [-0.15, -0.1) is 0 Å². The van der Waals surface area contributed by atoms with E-state index in [1.54, 1.807) is 0 Å². The van der Waals surface area contributed by atoms with Gasteiger partial charge in [0, 0.05) is 19.1 Å². The van der Waals surface area contributed by atoms with Crippen LogP contribution in [0.15, 0.2) is 29.2 Å². The Morgan fingerprint density at radius 2 is 1.83 bits per heavy atom. The van der Waals surface area contributed by atoms with Crippen molar-refractivity contribution >= 4 is 15.9 Å². The number of rotatable bonds is 7. The number of nitrogens with zero attached hydrogens (tertiary/aromatic N) is 2. The number of fused-ring (bicyclic) bond motifs is 1. The van der Waals surface area contributed by atoms with Crippen LogP contribution in [0.5, 0.6) is 0 Å². The molecule has 10 heteroatoms. The summed E-state index contributed by atoms with van der Waals surface area (Å²) in [6, 6.07) is 3.63. The Hall–Kier alpha value is -1.65. The molecule has 4 atom stereocenters. The number of amides is 1. The molecule has 1 N–H and O–H groups in total. The molecule has 4 rings (SSSR count). The highest BCUT2D eigenvalue weighted by molar-refractivity contribution is 7.89. The van der Waals surface area contributed by atoms with Crippen LogP contribution in [0.25, 0.3) is 0 Å². The van der Waals surface area contributed by atoms with Crippen molar-refractivity contribution in [1.82, 2.24) is 14.5 Å². The van der Waals surface area contributed by atoms with Gasteiger partial charge in [-0.25, -0.2) is 8.42 Å². The van der Waals surface area contributed by atoms with E-state index in [1.807, 2.05) is 0 Å². The highest BCUT2D eigenvalue weighted by Gasteiger charge is 2.47. The molecular formula is C25H36F3N3O3S. The van der Waals surface area contributed by atoms with Gasteiger partial charge in [0.1, 0.15) is 0 Å². The van der Waals surface area contributed by atoms with Crippen molar-refractivity contribution in [3.8, 4) is 0 Å². The number of likely N-dealkylation sites (tertiary alicyclic amines) is 1. The number of halogens is 3. The summed E-state index contributed by atoms with van der Waals surface area (Å²) >= 11 is 0. The lowest BCUT2D eigenvalue weighted by Crippen LogP contribution is -2.52. The summed E-state index contributed by atoms with van der Waals surface area (Å²) in [5.41, 5.74) is -0.975. The zero-order valence-corrected chi connectivity index (χ0v) is 21.2. The molecule has 196 valence electrons. The van der Waals surface area contributed by atoms with E-state index < -0.39 is 21.8 Å². The number of nitrogens with one attached hydrogen (secondary N) is 1. The fraction of sp³-hybridized carbons (Fsp3) is 0.720. The van der Waals surface area contributed by atoms with E-state index in [0.29, 0.717) is 12.0 Å². The van der Waals surface area contributed by atoms with Gasteiger partial charge in [-0.3, -0.25) is 9.69 Å². The molecule has 1 aromatic carbocycles. The summed E-state index contributed by atoms with van der Waals surface area (Å²) in [4.78, 5) is 15.3. The Balaban J connectivity index is 1.45. The van der Waals surface area contributed by atoms with Gasteiger partial charge >= 0.3 is 6.18 Å². The average molecular weight is 516 g/mol. The number of benzene rings is 1. The lowest BCUT2D eigenvalue weighted by molar-refractivity contribution is -0.137. The molecular weight excluding hydrogens is 479 g/mol. The molecule has 0 bridgehead atoms. The van der Waals surface area contributed by atoms with Crippen LogP contribution in [0.4, 0.5) is 13.2 Å². The van der Waals surface area contributed by atoms with Gasteiger partial charge in [0.2, 0.25) is 15.9 Å². The fourth-order valence-corrected chi connectivity index (χ4v) is 7.54. The molecule has 3 aliphatic rings. The largest absolute Gasteiger partial charge is 0.416 e. The van der Waals surface area contributed by atoms with Crippen molar-refractivity contribution < 1.29 is 26.4 Å². The van der Waals surface area contributed by atoms with Crippen LogP contribution in [0.2, 0.25) is 0 Å². The van der Waals surface area contributed by atoms with E-state index in [9.17, 15) is 26.4 Å². The molecule has 2 aliphatic heterocycles. The molecule has 0 unspecified atom stereocenters. The highest BCUT2D eigenvalue weighted by Crippen LogP contribution is 2.41. The molecule has 35 heavy (non-hydrogen) atoms. The molecule has 0 aromatic heterocycles. The number of carbonyl (C=O) groups excluding carboxylic acids is 1. The van der Waals surface area contributed by atoms with Crippen molar-refractivity contribution in [3.05, 3.63) is 29.8 Å². The van der Waals surface area contributed by atoms with Crippen LogP contribution in [0, 0.1) is 17.8 Å². The fourth-order valence-electron chi connectivity index (χ4n) is 5.96. The molecule has 1 aromatic rings. The van der Waals surface area contributed by atoms with Crippen LogP contribution in [0.3, 0.4) is 0 Å². The topological polar surface area (TPSA) is 69.7 Å². The molecule has 3 fully saturated rings. The number of carbonyl (C=O) groups is 1. The second kappa shape index (κ2) is 10.4. The number of hydrogen-bond acceptors (Lipinski definition) is 4. The third kappa shape index (κ3) is 5.85. The maximum atomic E-state index is 13.4. The van der Waals surface area contributed by atoms with Crippen molar-refractivity contribution in [1.29, 1.82) is 0 Å². The van der Waals surface area contributed by atoms with Crippen molar-refractivity contribution in [3.63, 3.8) is 0 Å². The first-order valence-corrected chi connectivity index (χ1v) is 14.1. The predicted molar refractivity (Wildman–Crippen MR) is 127 cm³/mol. The Morgan fingerprint density at radius 1 is 1.11 bits per heavy atom. The minimum Gasteiger partial charge on any atom is -0.352 e. The zero-order valence-electron chi connectivity index (χ0n) is 20.4. The minimum atomic E-state index is -4.61. The first-order valence-electron chi connectivity index (χ1n) is 12.7. The third-order valence-corrected chi connectivity index (χ3v) is 9.61. The second-order valence-electron chi connectivity index (χ2n) is 10.7. The van der Waals surface area contributed by atoms with Gasteiger partial charge in [0.25, 0.3) is 0 Å². The number of hydrogen-bond donors (Lipinski definition) is 1. The molecule has 2 heterocycles. The van der Waals surface area contributed by atoms with Gasteiger partial charge in [-0.05, 0) is 81.1 Å². The smallest absolute Gasteiger partial charge is 0.352 e. The molecule has 1 aliphatic carbocycles. The summed E-state index contributed by atoms with van der Waals surface area (Å²) in [7, 11) is -4.05. The van der Waals surface area contributed by atoms with E-state index in [2.05, 4.69) is 24.1 Å². The molecule has 0 spiro atoms. The lowest BCUT2D eigenvalue weighted by Gasteiger charge is -2.35. The van der Waals surface area contributed by atoms with Gasteiger partial charge in [-0.1, -0.05) is 26.3 Å². The second-order valence-corrected chi connectivity index (χ2v) is 12.6. The van der Waals surface area contributed by atoms with Crippen LogP contribution in [-0.2, 0) is 21.0 Å². The Labute approximate surface area is 206 Å². The zero-order chi connectivity index (χ0) is 25.4. The first-order chi connectivity index (χ1) is 16.5. The number of sulfonamides is 1. The normalized spacial score (nSPS) is 27.2. The summed E-state index contributed by atoms with van der Waals surface area (Å²) in [5, 5.41) is 3.24. The molecule has 1 amide bonds. The van der Waals surface area contributed by atoms with Crippen molar-refractivity contribution in [2.24, 2.45) is 17.8 Å². The van der Waals surface area contributed by atoms with E-state index in [0.717, 1.165) is 57.3 Å². The predicted octanol–water partition coefficient (Wildman–Crippen LogP) is 4.12. The average Bonchev–Trinajstić information content (AvgIpc) is 3.40. The summed E-state index contributed by atoms with van der Waals surface area (Å²) in [5.74, 6) is 0.467. The Bertz CT molecular complexity index is 1010. The summed E-state index contributed by atoms with van der Waals surface area (Å²) in [6.45, 7) is 6.56. The Kier molecular flexibility index (Phi) is 7.83. The van der Waals surface area contributed by atoms with E-state index >= 15 is 0 Å². The van der Waals surface area contributed by atoms with Crippen LogP contribution < -0.4 is 5.32 Å². The standard InChI is InChI=1S/C25H36F3N3O3S/c1-17(2)13-23(30-11-4-3-5-12-30)24(32)29-22-10-9-18-15-31(16-21(18)22)35(33,34)20-8-6-7-19(14-20)25(26,27)28/h6-8,14,17-18,21-23H,3-5,9-13,15-16H2,1-2H3,(H,29,32)/t18-,21+,22+,23-/m0/s1. The summed E-state index contributed by atoms with van der Waals surface area (Å²) < 4.78 is 67.0. The summed E-state index contributed by atoms with van der Waals surface area (Å²) in [6.07, 6.45) is 1.15. The van der Waals surface area contributed by atoms with Crippen LogP contribution >= 0.6 is 0 Å². The molecule has 2 saturated heterocycles. The minimum absolute atomic E-state index is 0.0189. The molecule has 6 nitrogen and oxygen atoms in total. The first kappa shape index (κ1) is 26.4. The highest BCUT2D eigenvalue weighted by atomic mass is 32.2. The molecule has 0 radical (unpaired) electrons. The Morgan fingerprint density at radius 3 is 2.49 bits per heavy atom. The van der Waals surface area contributed by atoms with Gasteiger partial charge in [0.15, 0.2) is 0 Å². The van der Waals surface area contributed by atoms with E-state index in [4.69, 9.17) is 0 Å². The third-order valence-electron chi connectivity index (χ3n) is 7.78. The van der Waals surface area contributed by atoms with Crippen LogP contribution in [0.1, 0.15) is 57.9 Å². The monoisotopic (exact) mass is 515 g/mol. The van der Waals surface area contributed by atoms with Gasteiger partial charge in [-0.2, -0.15) is 17.5 Å². The van der Waals surface area contributed by atoms with Crippen molar-refractivity contribution in [2.45, 2.75) is 75.5 Å². The van der Waals surface area contributed by atoms with Crippen LogP contribution in [-0.4, -0.2) is 61.8 Å². The van der Waals surface area contributed by atoms with Gasteiger partial charge < -0.3 is 5.32 Å². The van der Waals surface area contributed by atoms with Crippen molar-refractivity contribution in [2.75, 3.05) is 26.2 Å². The van der Waals surface area contributed by atoms with E-state index in [-0.39, 0.29) is 47.8 Å². The maximum Gasteiger partial charge on any atom is 0.416 e. The van der Waals surface area contributed by atoms with Gasteiger partial charge in [0.05, 0.1) is 16.5 Å². The maximum absolute atomic E-state index is 13.4. The number of piperidine rings is 1.